The molecule has 2 rings (SSSR count). The van der Waals surface area contributed by atoms with E-state index in [1.54, 1.807) is 0 Å². The molecule has 0 aromatic carbocycles. The van der Waals surface area contributed by atoms with Crippen LogP contribution in [-0.2, 0) is 9.47 Å². The minimum absolute atomic E-state index is 0. The lowest BCUT2D eigenvalue weighted by atomic mass is 10.2. The van der Waals surface area contributed by atoms with Gasteiger partial charge >= 0.3 is 0 Å². The Kier molecular flexibility index (Phi) is 10.4. The Morgan fingerprint density at radius 1 is 1.33 bits per heavy atom. The summed E-state index contributed by atoms with van der Waals surface area (Å²) in [5.41, 5.74) is 0. The van der Waals surface area contributed by atoms with Gasteiger partial charge in [-0.25, -0.2) is 0 Å². The van der Waals surface area contributed by atoms with Crippen molar-refractivity contribution >= 4 is 29.9 Å². The van der Waals surface area contributed by atoms with Crippen molar-refractivity contribution in [2.75, 3.05) is 32.9 Å². The van der Waals surface area contributed by atoms with Gasteiger partial charge in [-0.3, -0.25) is 4.99 Å². The van der Waals surface area contributed by atoms with E-state index >= 15 is 0 Å². The number of nitrogens with zero attached hydrogens (tertiary/aromatic N) is 1. The predicted octanol–water partition coefficient (Wildman–Crippen LogP) is 2.30. The lowest BCUT2D eigenvalue weighted by molar-refractivity contribution is 0.105. The maximum Gasteiger partial charge on any atom is 0.191 e. The van der Waals surface area contributed by atoms with E-state index in [1.165, 1.54) is 25.7 Å². The van der Waals surface area contributed by atoms with E-state index < -0.39 is 0 Å². The molecular weight excluding hydrogens is 381 g/mol. The zero-order valence-corrected chi connectivity index (χ0v) is 15.4. The molecule has 1 aliphatic heterocycles. The second-order valence-electron chi connectivity index (χ2n) is 5.55. The summed E-state index contributed by atoms with van der Waals surface area (Å²) in [6.07, 6.45) is 7.46. The first kappa shape index (κ1) is 19.0. The summed E-state index contributed by atoms with van der Waals surface area (Å²) in [7, 11) is 0. The molecule has 124 valence electrons. The number of hydrogen-bond acceptors (Lipinski definition) is 3. The van der Waals surface area contributed by atoms with E-state index in [2.05, 4.69) is 15.6 Å². The van der Waals surface area contributed by atoms with Crippen LogP contribution >= 0.6 is 24.0 Å². The van der Waals surface area contributed by atoms with Crippen molar-refractivity contribution in [1.29, 1.82) is 0 Å². The maximum absolute atomic E-state index is 5.64. The highest BCUT2D eigenvalue weighted by atomic mass is 127. The Morgan fingerprint density at radius 3 is 2.86 bits per heavy atom. The SMILES string of the molecule is CCOCCCN=C(NCCC1CCCO1)NC1CC1.I. The zero-order chi connectivity index (χ0) is 14.0. The number of guanidine groups is 1. The van der Waals surface area contributed by atoms with Gasteiger partial charge in [-0.2, -0.15) is 0 Å². The molecule has 0 bridgehead atoms. The summed E-state index contributed by atoms with van der Waals surface area (Å²) in [5, 5.41) is 6.89. The summed E-state index contributed by atoms with van der Waals surface area (Å²) >= 11 is 0. The summed E-state index contributed by atoms with van der Waals surface area (Å²) in [6.45, 7) is 6.30. The summed E-state index contributed by atoms with van der Waals surface area (Å²) in [5.74, 6) is 0.960. The van der Waals surface area contributed by atoms with Gasteiger partial charge in [0.2, 0.25) is 0 Å². The smallest absolute Gasteiger partial charge is 0.191 e. The molecule has 1 atom stereocenters. The minimum Gasteiger partial charge on any atom is -0.382 e. The average molecular weight is 411 g/mol. The van der Waals surface area contributed by atoms with Gasteiger partial charge in [0.05, 0.1) is 6.10 Å². The van der Waals surface area contributed by atoms with Crippen LogP contribution in [0.25, 0.3) is 0 Å². The summed E-state index contributed by atoms with van der Waals surface area (Å²) in [6, 6.07) is 0.635. The van der Waals surface area contributed by atoms with Crippen LogP contribution in [0.15, 0.2) is 4.99 Å². The van der Waals surface area contributed by atoms with Gasteiger partial charge in [-0.05, 0) is 45.4 Å². The lowest BCUT2D eigenvalue weighted by Crippen LogP contribution is -2.40. The van der Waals surface area contributed by atoms with Crippen molar-refractivity contribution in [3.63, 3.8) is 0 Å². The van der Waals surface area contributed by atoms with E-state index in [0.29, 0.717) is 12.1 Å². The fourth-order valence-corrected chi connectivity index (χ4v) is 2.30. The van der Waals surface area contributed by atoms with Crippen molar-refractivity contribution in [3.8, 4) is 0 Å². The van der Waals surface area contributed by atoms with Gasteiger partial charge in [0.25, 0.3) is 0 Å². The number of aliphatic imine (C=N–C) groups is 1. The van der Waals surface area contributed by atoms with Gasteiger partial charge in [0, 0.05) is 39.0 Å². The average Bonchev–Trinajstić information content (AvgIpc) is 3.11. The van der Waals surface area contributed by atoms with Gasteiger partial charge in [-0.1, -0.05) is 0 Å². The van der Waals surface area contributed by atoms with Crippen LogP contribution in [0.1, 0.15) is 45.4 Å². The molecule has 0 radical (unpaired) electrons. The number of hydrogen-bond donors (Lipinski definition) is 2. The van der Waals surface area contributed by atoms with Crippen molar-refractivity contribution in [3.05, 3.63) is 0 Å². The van der Waals surface area contributed by atoms with Crippen LogP contribution in [0.5, 0.6) is 0 Å². The van der Waals surface area contributed by atoms with Gasteiger partial charge < -0.3 is 20.1 Å². The third kappa shape index (κ3) is 8.83. The van der Waals surface area contributed by atoms with Crippen molar-refractivity contribution in [2.24, 2.45) is 4.99 Å². The van der Waals surface area contributed by atoms with Crippen molar-refractivity contribution < 1.29 is 9.47 Å². The molecule has 1 heterocycles. The Balaban J connectivity index is 0.00000220. The van der Waals surface area contributed by atoms with E-state index in [-0.39, 0.29) is 24.0 Å². The molecular formula is C15H30IN3O2. The van der Waals surface area contributed by atoms with Crippen LogP contribution < -0.4 is 10.6 Å². The Hall–Kier alpha value is -0.0800. The second kappa shape index (κ2) is 11.5. The summed E-state index contributed by atoms with van der Waals surface area (Å²) in [4.78, 5) is 4.61. The molecule has 0 aromatic rings. The van der Waals surface area contributed by atoms with E-state index in [9.17, 15) is 0 Å². The van der Waals surface area contributed by atoms with E-state index in [1.807, 2.05) is 6.92 Å². The molecule has 2 aliphatic rings. The Labute approximate surface area is 145 Å². The van der Waals surface area contributed by atoms with E-state index in [4.69, 9.17) is 9.47 Å². The molecule has 1 unspecified atom stereocenters. The molecule has 0 amide bonds. The highest BCUT2D eigenvalue weighted by Gasteiger charge is 2.22. The molecule has 0 aromatic heterocycles. The van der Waals surface area contributed by atoms with Gasteiger partial charge in [0.15, 0.2) is 5.96 Å². The minimum atomic E-state index is 0. The molecule has 2 fully saturated rings. The van der Waals surface area contributed by atoms with Crippen LogP contribution in [0.4, 0.5) is 0 Å². The maximum atomic E-state index is 5.64. The third-order valence-corrected chi connectivity index (χ3v) is 3.62. The number of rotatable bonds is 9. The predicted molar refractivity (Wildman–Crippen MR) is 96.6 cm³/mol. The standard InChI is InChI=1S/C15H29N3O2.HI/c1-2-19-11-4-9-16-15(18-13-6-7-13)17-10-8-14-5-3-12-20-14;/h13-14H,2-12H2,1H3,(H2,16,17,18);1H. The van der Waals surface area contributed by atoms with Crippen molar-refractivity contribution in [1.82, 2.24) is 10.6 Å². The first-order chi connectivity index (χ1) is 9.88. The van der Waals surface area contributed by atoms with Crippen molar-refractivity contribution in [2.45, 2.75) is 57.6 Å². The summed E-state index contributed by atoms with van der Waals surface area (Å²) < 4.78 is 11.0. The topological polar surface area (TPSA) is 54.9 Å². The van der Waals surface area contributed by atoms with Crippen LogP contribution in [0.2, 0.25) is 0 Å². The van der Waals surface area contributed by atoms with Gasteiger partial charge in [-0.15, -0.1) is 24.0 Å². The van der Waals surface area contributed by atoms with Crippen LogP contribution in [0, 0.1) is 0 Å². The molecule has 5 nitrogen and oxygen atoms in total. The van der Waals surface area contributed by atoms with Gasteiger partial charge in [0.1, 0.15) is 0 Å². The second-order valence-corrected chi connectivity index (χ2v) is 5.55. The molecule has 6 heteroatoms. The number of halogens is 1. The first-order valence-electron chi connectivity index (χ1n) is 8.12. The normalized spacial score (nSPS) is 22.0. The van der Waals surface area contributed by atoms with E-state index in [0.717, 1.165) is 51.7 Å². The molecule has 1 saturated carbocycles. The fourth-order valence-electron chi connectivity index (χ4n) is 2.30. The fraction of sp³-hybridized carbons (Fsp3) is 0.933. The Morgan fingerprint density at radius 2 is 2.19 bits per heavy atom. The highest BCUT2D eigenvalue weighted by molar-refractivity contribution is 14.0. The van der Waals surface area contributed by atoms with Crippen LogP contribution in [-0.4, -0.2) is 51.0 Å². The number of nitrogens with one attached hydrogen (secondary N) is 2. The lowest BCUT2D eigenvalue weighted by Gasteiger charge is -2.14. The highest BCUT2D eigenvalue weighted by Crippen LogP contribution is 2.18. The quantitative estimate of drug-likeness (QED) is 0.265. The zero-order valence-electron chi connectivity index (χ0n) is 13.1. The molecule has 0 spiro atoms. The van der Waals surface area contributed by atoms with Crippen LogP contribution in [0.3, 0.4) is 0 Å². The first-order valence-corrected chi connectivity index (χ1v) is 8.12. The molecule has 2 N–H and O–H groups in total. The third-order valence-electron chi connectivity index (χ3n) is 3.62. The monoisotopic (exact) mass is 411 g/mol. The Bertz CT molecular complexity index is 293. The number of ether oxygens (including phenoxy) is 2. The molecule has 21 heavy (non-hydrogen) atoms. The molecule has 1 aliphatic carbocycles. The molecule has 1 saturated heterocycles. The largest absolute Gasteiger partial charge is 0.382 e.